The molecule has 1 unspecified atom stereocenters. The maximum atomic E-state index is 12.7. The second kappa shape index (κ2) is 8.17. The number of rotatable bonds is 7. The Morgan fingerprint density at radius 3 is 2.62 bits per heavy atom. The molecule has 1 amide bonds. The van der Waals surface area contributed by atoms with Gasteiger partial charge >= 0.3 is 0 Å². The zero-order valence-electron chi connectivity index (χ0n) is 15.8. The number of aromatic nitrogens is 2. The van der Waals surface area contributed by atoms with Crippen LogP contribution in [0, 0.1) is 6.92 Å². The number of nitrogens with one attached hydrogen (secondary N) is 1. The third-order valence-corrected chi connectivity index (χ3v) is 4.79. The summed E-state index contributed by atoms with van der Waals surface area (Å²) in [5, 5.41) is 3.12. The molecule has 0 aliphatic carbocycles. The number of amides is 1. The van der Waals surface area contributed by atoms with Gasteiger partial charge in [0.1, 0.15) is 5.82 Å². The van der Waals surface area contributed by atoms with Crippen LogP contribution in [0.1, 0.15) is 60.9 Å². The second-order valence-electron chi connectivity index (χ2n) is 6.83. The molecule has 26 heavy (non-hydrogen) atoms. The van der Waals surface area contributed by atoms with Crippen LogP contribution < -0.4 is 5.32 Å². The lowest BCUT2D eigenvalue weighted by molar-refractivity contribution is 0.0937. The number of para-hydroxylation sites is 2. The van der Waals surface area contributed by atoms with Crippen molar-refractivity contribution in [1.82, 2.24) is 14.9 Å². The smallest absolute Gasteiger partial charge is 0.252 e. The second-order valence-corrected chi connectivity index (χ2v) is 6.83. The van der Waals surface area contributed by atoms with Crippen LogP contribution in [0.2, 0.25) is 0 Å². The molecule has 3 rings (SSSR count). The van der Waals surface area contributed by atoms with E-state index in [9.17, 15) is 4.79 Å². The van der Waals surface area contributed by atoms with E-state index in [1.54, 1.807) is 0 Å². The predicted molar refractivity (Wildman–Crippen MR) is 106 cm³/mol. The van der Waals surface area contributed by atoms with E-state index in [-0.39, 0.29) is 11.9 Å². The summed E-state index contributed by atoms with van der Waals surface area (Å²) in [5.41, 5.74) is 3.81. The van der Waals surface area contributed by atoms with Gasteiger partial charge in [-0.3, -0.25) is 4.79 Å². The van der Waals surface area contributed by atoms with Crippen LogP contribution in [0.25, 0.3) is 11.0 Å². The Labute approximate surface area is 155 Å². The van der Waals surface area contributed by atoms with Crippen molar-refractivity contribution >= 4 is 16.9 Å². The van der Waals surface area contributed by atoms with Crippen molar-refractivity contribution in [3.63, 3.8) is 0 Å². The highest BCUT2D eigenvalue weighted by Crippen LogP contribution is 2.22. The van der Waals surface area contributed by atoms with E-state index in [1.807, 2.05) is 56.3 Å². The molecule has 4 heteroatoms. The first-order chi connectivity index (χ1) is 12.6. The lowest BCUT2D eigenvalue weighted by atomic mass is 10.1. The molecule has 0 spiro atoms. The van der Waals surface area contributed by atoms with Crippen molar-refractivity contribution in [2.75, 3.05) is 0 Å². The molecular formula is C22H27N3O. The summed E-state index contributed by atoms with van der Waals surface area (Å²) < 4.78 is 2.26. The predicted octanol–water partition coefficient (Wildman–Crippen LogP) is 5.03. The third kappa shape index (κ3) is 3.79. The van der Waals surface area contributed by atoms with Gasteiger partial charge in [0.25, 0.3) is 5.91 Å². The fraction of sp³-hybridized carbons (Fsp3) is 0.364. The number of hydrogen-bond donors (Lipinski definition) is 1. The van der Waals surface area contributed by atoms with Crippen LogP contribution in [0.5, 0.6) is 0 Å². The molecular weight excluding hydrogens is 322 g/mol. The number of unbranched alkanes of at least 4 members (excludes halogenated alkanes) is 2. The summed E-state index contributed by atoms with van der Waals surface area (Å²) in [4.78, 5) is 17.5. The Balaban J connectivity index is 1.87. The van der Waals surface area contributed by atoms with Gasteiger partial charge in [-0.2, -0.15) is 0 Å². The highest BCUT2D eigenvalue weighted by molar-refractivity contribution is 5.95. The number of nitrogens with zero attached hydrogens (tertiary/aromatic N) is 2. The highest BCUT2D eigenvalue weighted by atomic mass is 16.1. The molecule has 0 bridgehead atoms. The first-order valence-corrected chi connectivity index (χ1v) is 9.43. The van der Waals surface area contributed by atoms with Crippen LogP contribution in [0.4, 0.5) is 0 Å². The minimum absolute atomic E-state index is 0.0530. The van der Waals surface area contributed by atoms with Crippen molar-refractivity contribution in [2.24, 2.45) is 0 Å². The number of fused-ring (bicyclic) bond motifs is 1. The van der Waals surface area contributed by atoms with Gasteiger partial charge in [-0.25, -0.2) is 4.98 Å². The van der Waals surface area contributed by atoms with Gasteiger partial charge in [-0.1, -0.05) is 50.1 Å². The topological polar surface area (TPSA) is 46.9 Å². The Kier molecular flexibility index (Phi) is 5.71. The summed E-state index contributed by atoms with van der Waals surface area (Å²) in [6.07, 6.45) is 3.49. The quantitative estimate of drug-likeness (QED) is 0.608. The molecule has 1 N–H and O–H groups in total. The summed E-state index contributed by atoms with van der Waals surface area (Å²) in [7, 11) is 0. The monoisotopic (exact) mass is 349 g/mol. The van der Waals surface area contributed by atoms with Crippen LogP contribution in [-0.4, -0.2) is 15.5 Å². The van der Waals surface area contributed by atoms with E-state index in [1.165, 1.54) is 12.8 Å². The van der Waals surface area contributed by atoms with E-state index >= 15 is 0 Å². The molecule has 1 atom stereocenters. The minimum Gasteiger partial charge on any atom is -0.342 e. The standard InChI is InChI=1S/C22H27N3O/c1-4-5-10-15-25-20-14-9-8-13-19(20)24-21(25)17(3)23-22(26)18-12-7-6-11-16(18)2/h6-9,11-14,17H,4-5,10,15H2,1-3H3,(H,23,26). The molecule has 0 saturated heterocycles. The fourth-order valence-corrected chi connectivity index (χ4v) is 3.35. The Bertz CT molecular complexity index is 897. The van der Waals surface area contributed by atoms with Gasteiger partial charge in [0.2, 0.25) is 0 Å². The molecule has 0 saturated carbocycles. The number of imidazole rings is 1. The van der Waals surface area contributed by atoms with Crippen LogP contribution in [-0.2, 0) is 6.54 Å². The number of benzene rings is 2. The van der Waals surface area contributed by atoms with Crippen molar-refractivity contribution < 1.29 is 4.79 Å². The maximum absolute atomic E-state index is 12.7. The fourth-order valence-electron chi connectivity index (χ4n) is 3.35. The van der Waals surface area contributed by atoms with Gasteiger partial charge in [0.05, 0.1) is 17.1 Å². The molecule has 0 aliphatic heterocycles. The summed E-state index contributed by atoms with van der Waals surface area (Å²) in [6.45, 7) is 7.10. The largest absolute Gasteiger partial charge is 0.342 e. The van der Waals surface area contributed by atoms with E-state index in [0.29, 0.717) is 5.56 Å². The average molecular weight is 349 g/mol. The van der Waals surface area contributed by atoms with Gasteiger partial charge in [-0.15, -0.1) is 0 Å². The summed E-state index contributed by atoms with van der Waals surface area (Å²) >= 11 is 0. The van der Waals surface area contributed by atoms with Gasteiger partial charge in [0.15, 0.2) is 0 Å². The first kappa shape index (κ1) is 18.2. The molecule has 136 valence electrons. The van der Waals surface area contributed by atoms with E-state index in [4.69, 9.17) is 4.98 Å². The molecule has 0 aliphatic rings. The van der Waals surface area contributed by atoms with Crippen LogP contribution >= 0.6 is 0 Å². The lowest BCUT2D eigenvalue weighted by Crippen LogP contribution is -2.29. The zero-order valence-corrected chi connectivity index (χ0v) is 15.8. The number of aryl methyl sites for hydroxylation is 2. The van der Waals surface area contributed by atoms with Crippen molar-refractivity contribution in [1.29, 1.82) is 0 Å². The summed E-state index contributed by atoms with van der Waals surface area (Å²) in [6, 6.07) is 15.7. The lowest BCUT2D eigenvalue weighted by Gasteiger charge is -2.17. The Morgan fingerprint density at radius 2 is 1.85 bits per heavy atom. The molecule has 2 aromatic carbocycles. The van der Waals surface area contributed by atoms with Crippen molar-refractivity contribution in [2.45, 2.75) is 52.6 Å². The molecule has 1 aromatic heterocycles. The highest BCUT2D eigenvalue weighted by Gasteiger charge is 2.19. The van der Waals surface area contributed by atoms with Crippen molar-refractivity contribution in [3.05, 3.63) is 65.5 Å². The zero-order chi connectivity index (χ0) is 18.5. The van der Waals surface area contributed by atoms with E-state index in [0.717, 1.165) is 35.4 Å². The van der Waals surface area contributed by atoms with Gasteiger partial charge in [-0.05, 0) is 44.0 Å². The molecule has 4 nitrogen and oxygen atoms in total. The summed E-state index contributed by atoms with van der Waals surface area (Å²) in [5.74, 6) is 0.868. The third-order valence-electron chi connectivity index (χ3n) is 4.79. The SMILES string of the molecule is CCCCCn1c(C(C)NC(=O)c2ccccc2C)nc2ccccc21. The molecule has 0 fully saturated rings. The number of carbonyl (C=O) groups excluding carboxylic acids is 1. The van der Waals surface area contributed by atoms with E-state index < -0.39 is 0 Å². The number of hydrogen-bond acceptors (Lipinski definition) is 2. The molecule has 3 aromatic rings. The van der Waals surface area contributed by atoms with Gasteiger partial charge in [0, 0.05) is 12.1 Å². The van der Waals surface area contributed by atoms with Crippen LogP contribution in [0.15, 0.2) is 48.5 Å². The maximum Gasteiger partial charge on any atom is 0.252 e. The minimum atomic E-state index is -0.156. The number of carbonyl (C=O) groups is 1. The Hall–Kier alpha value is -2.62. The van der Waals surface area contributed by atoms with Crippen molar-refractivity contribution in [3.8, 4) is 0 Å². The Morgan fingerprint density at radius 1 is 1.12 bits per heavy atom. The average Bonchev–Trinajstić information content (AvgIpc) is 3.01. The normalized spacial score (nSPS) is 12.3. The van der Waals surface area contributed by atoms with E-state index in [2.05, 4.69) is 22.9 Å². The molecule has 1 heterocycles. The van der Waals surface area contributed by atoms with Crippen LogP contribution in [0.3, 0.4) is 0 Å². The first-order valence-electron chi connectivity index (χ1n) is 9.43. The van der Waals surface area contributed by atoms with Gasteiger partial charge < -0.3 is 9.88 Å². The molecule has 0 radical (unpaired) electrons.